The fourth-order valence-corrected chi connectivity index (χ4v) is 4.14. The number of hydrogen-bond donors (Lipinski definition) is 1. The van der Waals surface area contributed by atoms with Crippen LogP contribution in [0.4, 0.5) is 5.82 Å². The molecule has 2 aliphatic heterocycles. The van der Waals surface area contributed by atoms with E-state index in [0.29, 0.717) is 19.7 Å². The summed E-state index contributed by atoms with van der Waals surface area (Å²) in [4.78, 5) is 25.8. The summed E-state index contributed by atoms with van der Waals surface area (Å²) < 4.78 is 5.20. The Morgan fingerprint density at radius 2 is 1.97 bits per heavy atom. The van der Waals surface area contributed by atoms with Gasteiger partial charge in [0, 0.05) is 46.0 Å². The van der Waals surface area contributed by atoms with Crippen LogP contribution in [0.1, 0.15) is 51.0 Å². The SMILES string of the molecule is CCOC(=O)C1CCCN(C(=NC)NCc2ccc(N3CCCCCC3)nc2)C1.I. The molecule has 3 rings (SSSR count). The molecular formula is C22H36IN5O2. The lowest BCUT2D eigenvalue weighted by molar-refractivity contribution is -0.149. The average molecular weight is 529 g/mol. The van der Waals surface area contributed by atoms with Gasteiger partial charge in [-0.15, -0.1) is 24.0 Å². The molecule has 2 fully saturated rings. The van der Waals surface area contributed by atoms with Crippen molar-refractivity contribution in [3.63, 3.8) is 0 Å². The number of nitrogens with zero attached hydrogens (tertiary/aromatic N) is 4. The zero-order chi connectivity index (χ0) is 20.5. The maximum Gasteiger partial charge on any atom is 0.310 e. The van der Waals surface area contributed by atoms with Crippen LogP contribution >= 0.6 is 24.0 Å². The van der Waals surface area contributed by atoms with Gasteiger partial charge in [-0.25, -0.2) is 4.98 Å². The molecule has 2 saturated heterocycles. The van der Waals surface area contributed by atoms with E-state index < -0.39 is 0 Å². The van der Waals surface area contributed by atoms with Crippen molar-refractivity contribution < 1.29 is 9.53 Å². The molecule has 30 heavy (non-hydrogen) atoms. The van der Waals surface area contributed by atoms with E-state index in [4.69, 9.17) is 4.74 Å². The maximum atomic E-state index is 12.1. The molecule has 0 spiro atoms. The molecule has 3 heterocycles. The van der Waals surface area contributed by atoms with Gasteiger partial charge in [-0.2, -0.15) is 0 Å². The highest BCUT2D eigenvalue weighted by molar-refractivity contribution is 14.0. The van der Waals surface area contributed by atoms with Crippen LogP contribution in [0.3, 0.4) is 0 Å². The summed E-state index contributed by atoms with van der Waals surface area (Å²) in [5.41, 5.74) is 1.13. The number of carbonyl (C=O) groups is 1. The largest absolute Gasteiger partial charge is 0.466 e. The number of aliphatic imine (C=N–C) groups is 1. The van der Waals surface area contributed by atoms with Crippen LogP contribution < -0.4 is 10.2 Å². The molecule has 1 atom stereocenters. The summed E-state index contributed by atoms with van der Waals surface area (Å²) in [6, 6.07) is 4.27. The van der Waals surface area contributed by atoms with E-state index in [-0.39, 0.29) is 35.9 Å². The molecule has 1 aromatic rings. The van der Waals surface area contributed by atoms with Crippen LogP contribution in [0.2, 0.25) is 0 Å². The molecular weight excluding hydrogens is 493 g/mol. The summed E-state index contributed by atoms with van der Waals surface area (Å²) in [6.45, 7) is 6.72. The average Bonchev–Trinajstić information content (AvgIpc) is 3.05. The number of piperidine rings is 1. The Balaban J connectivity index is 0.00000320. The van der Waals surface area contributed by atoms with Crippen molar-refractivity contribution in [1.82, 2.24) is 15.2 Å². The normalized spacial score (nSPS) is 20.2. The van der Waals surface area contributed by atoms with Crippen molar-refractivity contribution in [2.75, 3.05) is 44.7 Å². The zero-order valence-corrected chi connectivity index (χ0v) is 20.6. The second-order valence-electron chi connectivity index (χ2n) is 7.86. The third-order valence-electron chi connectivity index (χ3n) is 5.74. The van der Waals surface area contributed by atoms with Gasteiger partial charge < -0.3 is 19.9 Å². The highest BCUT2D eigenvalue weighted by Crippen LogP contribution is 2.19. The zero-order valence-electron chi connectivity index (χ0n) is 18.3. The second-order valence-corrected chi connectivity index (χ2v) is 7.86. The van der Waals surface area contributed by atoms with E-state index in [9.17, 15) is 4.79 Å². The molecule has 0 radical (unpaired) electrons. The molecule has 0 amide bonds. The van der Waals surface area contributed by atoms with Gasteiger partial charge in [0.1, 0.15) is 5.82 Å². The number of halogens is 1. The number of pyridine rings is 1. The van der Waals surface area contributed by atoms with Gasteiger partial charge in [-0.05, 0) is 44.2 Å². The molecule has 1 N–H and O–H groups in total. The number of guanidine groups is 1. The van der Waals surface area contributed by atoms with Crippen LogP contribution in [-0.2, 0) is 16.1 Å². The Hall–Kier alpha value is -1.58. The van der Waals surface area contributed by atoms with Crippen molar-refractivity contribution in [2.45, 2.75) is 52.0 Å². The third-order valence-corrected chi connectivity index (χ3v) is 5.74. The minimum absolute atomic E-state index is 0. The van der Waals surface area contributed by atoms with Gasteiger partial charge in [0.15, 0.2) is 5.96 Å². The van der Waals surface area contributed by atoms with Gasteiger partial charge in [0.25, 0.3) is 0 Å². The van der Waals surface area contributed by atoms with Gasteiger partial charge >= 0.3 is 5.97 Å². The van der Waals surface area contributed by atoms with Crippen LogP contribution in [-0.4, -0.2) is 61.6 Å². The van der Waals surface area contributed by atoms with E-state index >= 15 is 0 Å². The predicted octanol–water partition coefficient (Wildman–Crippen LogP) is 3.43. The lowest BCUT2D eigenvalue weighted by atomic mass is 9.98. The summed E-state index contributed by atoms with van der Waals surface area (Å²) in [7, 11) is 1.79. The van der Waals surface area contributed by atoms with Crippen molar-refractivity contribution in [3.05, 3.63) is 23.9 Å². The first-order valence-corrected chi connectivity index (χ1v) is 11.0. The number of anilines is 1. The molecule has 0 aliphatic carbocycles. The first-order valence-electron chi connectivity index (χ1n) is 11.0. The van der Waals surface area contributed by atoms with Gasteiger partial charge in [0.2, 0.25) is 0 Å². The van der Waals surface area contributed by atoms with Crippen molar-refractivity contribution in [1.29, 1.82) is 0 Å². The summed E-state index contributed by atoms with van der Waals surface area (Å²) >= 11 is 0. The summed E-state index contributed by atoms with van der Waals surface area (Å²) in [5, 5.41) is 3.43. The lowest BCUT2D eigenvalue weighted by Gasteiger charge is -2.34. The highest BCUT2D eigenvalue weighted by Gasteiger charge is 2.28. The molecule has 0 saturated carbocycles. The van der Waals surface area contributed by atoms with Crippen LogP contribution in [0.5, 0.6) is 0 Å². The summed E-state index contributed by atoms with van der Waals surface area (Å²) in [6.07, 6.45) is 8.97. The topological polar surface area (TPSA) is 70.1 Å². The Labute approximate surface area is 197 Å². The maximum absolute atomic E-state index is 12.1. The Bertz CT molecular complexity index is 675. The molecule has 2 aliphatic rings. The molecule has 168 valence electrons. The summed E-state index contributed by atoms with van der Waals surface area (Å²) in [5.74, 6) is 1.74. The lowest BCUT2D eigenvalue weighted by Crippen LogP contribution is -2.48. The van der Waals surface area contributed by atoms with E-state index in [2.05, 4.69) is 37.2 Å². The molecule has 8 heteroatoms. The number of esters is 1. The third kappa shape index (κ3) is 6.99. The number of ether oxygens (including phenoxy) is 1. The van der Waals surface area contributed by atoms with Gasteiger partial charge in [0.05, 0.1) is 12.5 Å². The number of rotatable bonds is 5. The number of hydrogen-bond acceptors (Lipinski definition) is 5. The highest BCUT2D eigenvalue weighted by atomic mass is 127. The monoisotopic (exact) mass is 529 g/mol. The quantitative estimate of drug-likeness (QED) is 0.273. The first-order chi connectivity index (χ1) is 14.2. The number of nitrogens with one attached hydrogen (secondary N) is 1. The molecule has 0 bridgehead atoms. The first kappa shape index (κ1) is 24.7. The number of likely N-dealkylation sites (tertiary alicyclic amines) is 1. The molecule has 1 unspecified atom stereocenters. The molecule has 0 aromatic carbocycles. The van der Waals surface area contributed by atoms with Crippen molar-refractivity contribution in [3.8, 4) is 0 Å². The number of carbonyl (C=O) groups excluding carboxylic acids is 1. The molecule has 1 aromatic heterocycles. The predicted molar refractivity (Wildman–Crippen MR) is 131 cm³/mol. The van der Waals surface area contributed by atoms with Crippen LogP contribution in [0, 0.1) is 5.92 Å². The Morgan fingerprint density at radius 3 is 2.60 bits per heavy atom. The second kappa shape index (κ2) is 13.0. The van der Waals surface area contributed by atoms with E-state index in [1.165, 1.54) is 25.7 Å². The van der Waals surface area contributed by atoms with E-state index in [0.717, 1.165) is 49.8 Å². The fourth-order valence-electron chi connectivity index (χ4n) is 4.14. The minimum Gasteiger partial charge on any atom is -0.466 e. The fraction of sp³-hybridized carbons (Fsp3) is 0.682. The molecule has 7 nitrogen and oxygen atoms in total. The van der Waals surface area contributed by atoms with Crippen molar-refractivity contribution >= 4 is 41.7 Å². The Morgan fingerprint density at radius 1 is 1.20 bits per heavy atom. The van der Waals surface area contributed by atoms with Gasteiger partial charge in [-0.1, -0.05) is 18.9 Å². The standard InChI is InChI=1S/C22H35N5O2.HI/c1-3-29-21(28)19-9-8-14-27(17-19)22(23-2)25-16-18-10-11-20(24-15-18)26-12-6-4-5-7-13-26;/h10-11,15,19H,3-9,12-14,16-17H2,1-2H3,(H,23,25);1H. The number of aromatic nitrogens is 1. The van der Waals surface area contributed by atoms with Gasteiger partial charge in [-0.3, -0.25) is 9.79 Å². The van der Waals surface area contributed by atoms with Crippen LogP contribution in [0.25, 0.3) is 0 Å². The minimum atomic E-state index is -0.0963. The van der Waals surface area contributed by atoms with Crippen molar-refractivity contribution in [2.24, 2.45) is 10.9 Å². The van der Waals surface area contributed by atoms with E-state index in [1.807, 2.05) is 13.1 Å². The van der Waals surface area contributed by atoms with E-state index in [1.54, 1.807) is 7.05 Å². The van der Waals surface area contributed by atoms with Crippen LogP contribution in [0.15, 0.2) is 23.3 Å². The smallest absolute Gasteiger partial charge is 0.310 e. The Kier molecular flexibility index (Phi) is 10.7.